The highest BCUT2D eigenvalue weighted by Crippen LogP contribution is 2.56. The van der Waals surface area contributed by atoms with Crippen LogP contribution in [0.2, 0.25) is 0 Å². The molecule has 0 heterocycles. The SMILES string of the molecule is CC1(C(=O)Oc2ccc(F)c(N)c2)CC2CCC1C2. The van der Waals surface area contributed by atoms with Gasteiger partial charge < -0.3 is 10.5 Å². The van der Waals surface area contributed by atoms with E-state index in [-0.39, 0.29) is 17.1 Å². The fourth-order valence-corrected chi connectivity index (χ4v) is 3.66. The predicted octanol–water partition coefficient (Wildman–Crippen LogP) is 3.14. The smallest absolute Gasteiger partial charge is 0.317 e. The zero-order chi connectivity index (χ0) is 13.6. The minimum atomic E-state index is -0.495. The summed E-state index contributed by atoms with van der Waals surface area (Å²) in [5.41, 5.74) is 5.10. The summed E-state index contributed by atoms with van der Waals surface area (Å²) < 4.78 is 18.5. The molecule has 102 valence electrons. The van der Waals surface area contributed by atoms with Crippen molar-refractivity contribution >= 4 is 11.7 Å². The van der Waals surface area contributed by atoms with Gasteiger partial charge in [0.1, 0.15) is 11.6 Å². The first-order valence-electron chi connectivity index (χ1n) is 6.76. The number of nitrogen functional groups attached to an aromatic ring is 1. The minimum Gasteiger partial charge on any atom is -0.426 e. The Balaban J connectivity index is 1.76. The van der Waals surface area contributed by atoms with Gasteiger partial charge in [0.25, 0.3) is 0 Å². The number of nitrogens with two attached hydrogens (primary N) is 1. The van der Waals surface area contributed by atoms with Gasteiger partial charge >= 0.3 is 5.97 Å². The van der Waals surface area contributed by atoms with Crippen LogP contribution in [-0.2, 0) is 4.79 Å². The molecular formula is C15H18FNO2. The monoisotopic (exact) mass is 263 g/mol. The molecule has 3 nitrogen and oxygen atoms in total. The Morgan fingerprint density at radius 1 is 1.47 bits per heavy atom. The molecule has 3 atom stereocenters. The number of esters is 1. The normalized spacial score (nSPS) is 32.5. The Hall–Kier alpha value is -1.58. The van der Waals surface area contributed by atoms with Crippen molar-refractivity contribution < 1.29 is 13.9 Å². The number of hydrogen-bond donors (Lipinski definition) is 1. The maximum atomic E-state index is 13.1. The largest absolute Gasteiger partial charge is 0.426 e. The van der Waals surface area contributed by atoms with Gasteiger partial charge in [-0.3, -0.25) is 4.79 Å². The lowest BCUT2D eigenvalue weighted by Crippen LogP contribution is -2.36. The maximum Gasteiger partial charge on any atom is 0.317 e. The molecular weight excluding hydrogens is 245 g/mol. The summed E-state index contributed by atoms with van der Waals surface area (Å²) in [4.78, 5) is 12.4. The van der Waals surface area contributed by atoms with Crippen molar-refractivity contribution in [1.29, 1.82) is 0 Å². The van der Waals surface area contributed by atoms with Gasteiger partial charge in [-0.05, 0) is 50.2 Å². The topological polar surface area (TPSA) is 52.3 Å². The third kappa shape index (κ3) is 1.99. The van der Waals surface area contributed by atoms with Gasteiger partial charge in [-0.2, -0.15) is 0 Å². The second kappa shape index (κ2) is 4.22. The highest BCUT2D eigenvalue weighted by Gasteiger charge is 2.53. The molecule has 2 N–H and O–H groups in total. The van der Waals surface area contributed by atoms with Crippen LogP contribution in [0, 0.1) is 23.1 Å². The fraction of sp³-hybridized carbons (Fsp3) is 0.533. The van der Waals surface area contributed by atoms with E-state index in [1.54, 1.807) is 0 Å². The van der Waals surface area contributed by atoms with Gasteiger partial charge in [0.15, 0.2) is 0 Å². The first-order valence-corrected chi connectivity index (χ1v) is 6.76. The van der Waals surface area contributed by atoms with E-state index in [0.29, 0.717) is 17.6 Å². The van der Waals surface area contributed by atoms with Crippen LogP contribution in [-0.4, -0.2) is 5.97 Å². The van der Waals surface area contributed by atoms with Crippen LogP contribution < -0.4 is 10.5 Å². The molecule has 0 amide bonds. The molecule has 4 heteroatoms. The van der Waals surface area contributed by atoms with Gasteiger partial charge in [0.2, 0.25) is 0 Å². The summed E-state index contributed by atoms with van der Waals surface area (Å²) in [6.45, 7) is 1.99. The van der Waals surface area contributed by atoms with E-state index in [9.17, 15) is 9.18 Å². The Morgan fingerprint density at radius 3 is 2.84 bits per heavy atom. The van der Waals surface area contributed by atoms with Crippen molar-refractivity contribution in [3.63, 3.8) is 0 Å². The van der Waals surface area contributed by atoms with E-state index < -0.39 is 5.82 Å². The minimum absolute atomic E-state index is 0.00314. The number of halogens is 1. The van der Waals surface area contributed by atoms with Crippen LogP contribution in [0.3, 0.4) is 0 Å². The Kier molecular flexibility index (Phi) is 2.77. The molecule has 1 aromatic carbocycles. The molecule has 2 saturated carbocycles. The molecule has 0 spiro atoms. The molecule has 19 heavy (non-hydrogen) atoms. The highest BCUT2D eigenvalue weighted by molar-refractivity contribution is 5.80. The number of ether oxygens (including phenoxy) is 1. The van der Waals surface area contributed by atoms with Crippen LogP contribution in [0.4, 0.5) is 10.1 Å². The summed E-state index contributed by atoms with van der Waals surface area (Å²) >= 11 is 0. The van der Waals surface area contributed by atoms with E-state index in [1.807, 2.05) is 6.92 Å². The summed E-state index contributed by atoms with van der Waals surface area (Å²) in [5, 5.41) is 0. The van der Waals surface area contributed by atoms with E-state index in [1.165, 1.54) is 24.6 Å². The molecule has 2 aliphatic rings. The van der Waals surface area contributed by atoms with Crippen molar-refractivity contribution in [1.82, 2.24) is 0 Å². The van der Waals surface area contributed by atoms with E-state index >= 15 is 0 Å². The van der Waals surface area contributed by atoms with Crippen molar-refractivity contribution in [2.24, 2.45) is 17.3 Å². The molecule has 1 aromatic rings. The number of benzene rings is 1. The number of hydrogen-bond acceptors (Lipinski definition) is 3. The van der Waals surface area contributed by atoms with E-state index in [0.717, 1.165) is 19.3 Å². The number of rotatable bonds is 2. The molecule has 0 aliphatic heterocycles. The summed E-state index contributed by atoms with van der Waals surface area (Å²) in [6.07, 6.45) is 4.39. The van der Waals surface area contributed by atoms with Crippen LogP contribution >= 0.6 is 0 Å². The number of fused-ring (bicyclic) bond motifs is 2. The molecule has 0 radical (unpaired) electrons. The maximum absolute atomic E-state index is 13.1. The van der Waals surface area contributed by atoms with Gasteiger partial charge in [-0.25, -0.2) is 4.39 Å². The fourth-order valence-electron chi connectivity index (χ4n) is 3.66. The molecule has 2 bridgehead atoms. The van der Waals surface area contributed by atoms with Crippen molar-refractivity contribution in [3.8, 4) is 5.75 Å². The lowest BCUT2D eigenvalue weighted by molar-refractivity contribution is -0.148. The third-order valence-corrected chi connectivity index (χ3v) is 4.80. The van der Waals surface area contributed by atoms with E-state index in [4.69, 9.17) is 10.5 Å². The summed E-state index contributed by atoms with van der Waals surface area (Å²) in [6, 6.07) is 4.03. The second-order valence-corrected chi connectivity index (χ2v) is 6.07. The van der Waals surface area contributed by atoms with Gasteiger partial charge in [-0.15, -0.1) is 0 Å². The first-order chi connectivity index (χ1) is 8.99. The lowest BCUT2D eigenvalue weighted by Gasteiger charge is -2.31. The number of carbonyl (C=O) groups is 1. The molecule has 0 aromatic heterocycles. The quantitative estimate of drug-likeness (QED) is 0.506. The second-order valence-electron chi connectivity index (χ2n) is 6.07. The zero-order valence-corrected chi connectivity index (χ0v) is 11.0. The zero-order valence-electron chi connectivity index (χ0n) is 11.0. The molecule has 0 saturated heterocycles. The van der Waals surface area contributed by atoms with Gasteiger partial charge in [0.05, 0.1) is 11.1 Å². The van der Waals surface area contributed by atoms with Crippen molar-refractivity contribution in [2.45, 2.75) is 32.6 Å². The Morgan fingerprint density at radius 2 is 2.26 bits per heavy atom. The molecule has 2 aliphatic carbocycles. The van der Waals surface area contributed by atoms with Gasteiger partial charge in [0, 0.05) is 6.07 Å². The lowest BCUT2D eigenvalue weighted by atomic mass is 9.75. The van der Waals surface area contributed by atoms with Crippen molar-refractivity contribution in [3.05, 3.63) is 24.0 Å². The summed E-state index contributed by atoms with van der Waals surface area (Å²) in [7, 11) is 0. The number of carbonyl (C=O) groups excluding carboxylic acids is 1. The number of anilines is 1. The van der Waals surface area contributed by atoms with Gasteiger partial charge in [-0.1, -0.05) is 6.42 Å². The standard InChI is InChI=1S/C15H18FNO2/c1-15(8-9-2-3-10(15)6-9)14(18)19-11-4-5-12(16)13(17)7-11/h4-5,7,9-10H,2-3,6,8,17H2,1H3. The average Bonchev–Trinajstić information content (AvgIpc) is 2.94. The van der Waals surface area contributed by atoms with Crippen LogP contribution in [0.5, 0.6) is 5.75 Å². The summed E-state index contributed by atoms with van der Waals surface area (Å²) in [5.74, 6) is 0.730. The van der Waals surface area contributed by atoms with Crippen LogP contribution in [0.15, 0.2) is 18.2 Å². The average molecular weight is 263 g/mol. The molecule has 3 rings (SSSR count). The van der Waals surface area contributed by atoms with Crippen LogP contribution in [0.25, 0.3) is 0 Å². The molecule has 3 unspecified atom stereocenters. The van der Waals surface area contributed by atoms with E-state index in [2.05, 4.69) is 0 Å². The molecule has 2 fully saturated rings. The Labute approximate surface area is 111 Å². The van der Waals surface area contributed by atoms with Crippen LogP contribution in [0.1, 0.15) is 32.6 Å². The first kappa shape index (κ1) is 12.5. The highest BCUT2D eigenvalue weighted by atomic mass is 19.1. The third-order valence-electron chi connectivity index (χ3n) is 4.80. The predicted molar refractivity (Wildman–Crippen MR) is 70.0 cm³/mol. The van der Waals surface area contributed by atoms with Crippen molar-refractivity contribution in [2.75, 3.05) is 5.73 Å². The Bertz CT molecular complexity index is 531.